The summed E-state index contributed by atoms with van der Waals surface area (Å²) in [7, 11) is 0. The molecule has 1 aliphatic rings. The van der Waals surface area contributed by atoms with Crippen molar-refractivity contribution in [3.8, 4) is 5.69 Å². The minimum atomic E-state index is -0.428. The van der Waals surface area contributed by atoms with E-state index in [0.29, 0.717) is 5.92 Å². The standard InChI is InChI=1S/C16H19FN4O/c1-11-6-8-20(9-7-11)16(22)13-10-15(18)21(19-13)14-5-3-2-4-12(14)17/h2-5,10-11H,6-9,18H2,1H3. The Labute approximate surface area is 128 Å². The predicted molar refractivity (Wildman–Crippen MR) is 82.2 cm³/mol. The first-order chi connectivity index (χ1) is 10.6. The van der Waals surface area contributed by atoms with Gasteiger partial charge in [0, 0.05) is 19.2 Å². The number of amides is 1. The number of para-hydroxylation sites is 1. The van der Waals surface area contributed by atoms with Gasteiger partial charge in [-0.15, -0.1) is 0 Å². The average molecular weight is 302 g/mol. The number of nitrogens with zero attached hydrogens (tertiary/aromatic N) is 3. The molecule has 1 aromatic heterocycles. The van der Waals surface area contributed by atoms with E-state index in [1.54, 1.807) is 23.1 Å². The lowest BCUT2D eigenvalue weighted by molar-refractivity contribution is 0.0690. The van der Waals surface area contributed by atoms with Crippen LogP contribution in [0, 0.1) is 11.7 Å². The molecule has 2 aromatic rings. The fourth-order valence-corrected chi connectivity index (χ4v) is 2.69. The summed E-state index contributed by atoms with van der Waals surface area (Å²) in [4.78, 5) is 14.3. The van der Waals surface area contributed by atoms with Crippen LogP contribution in [0.15, 0.2) is 30.3 Å². The number of anilines is 1. The smallest absolute Gasteiger partial charge is 0.274 e. The van der Waals surface area contributed by atoms with Gasteiger partial charge in [-0.2, -0.15) is 5.10 Å². The van der Waals surface area contributed by atoms with Crippen LogP contribution < -0.4 is 5.73 Å². The third-order valence-electron chi connectivity index (χ3n) is 4.11. The third-order valence-corrected chi connectivity index (χ3v) is 4.11. The molecule has 0 bridgehead atoms. The minimum Gasteiger partial charge on any atom is -0.384 e. The fraction of sp³-hybridized carbons (Fsp3) is 0.375. The number of aromatic nitrogens is 2. The van der Waals surface area contributed by atoms with Gasteiger partial charge in [-0.05, 0) is 30.9 Å². The molecular weight excluding hydrogens is 283 g/mol. The molecule has 2 N–H and O–H groups in total. The Morgan fingerprint density at radius 2 is 2.00 bits per heavy atom. The number of nitrogen functional groups attached to an aromatic ring is 1. The zero-order valence-electron chi connectivity index (χ0n) is 12.5. The van der Waals surface area contributed by atoms with Crippen molar-refractivity contribution in [2.75, 3.05) is 18.8 Å². The number of carbonyl (C=O) groups is 1. The van der Waals surface area contributed by atoms with Crippen LogP contribution in [0.1, 0.15) is 30.3 Å². The van der Waals surface area contributed by atoms with Crippen molar-refractivity contribution in [1.29, 1.82) is 0 Å². The molecule has 1 aromatic carbocycles. The van der Waals surface area contributed by atoms with Crippen molar-refractivity contribution in [3.05, 3.63) is 41.8 Å². The third kappa shape index (κ3) is 2.68. The van der Waals surface area contributed by atoms with Gasteiger partial charge >= 0.3 is 0 Å². The van der Waals surface area contributed by atoms with Crippen LogP contribution >= 0.6 is 0 Å². The average Bonchev–Trinajstić information content (AvgIpc) is 2.90. The van der Waals surface area contributed by atoms with Crippen molar-refractivity contribution < 1.29 is 9.18 Å². The monoisotopic (exact) mass is 302 g/mol. The topological polar surface area (TPSA) is 64.2 Å². The van der Waals surface area contributed by atoms with Gasteiger partial charge in [0.05, 0.1) is 0 Å². The SMILES string of the molecule is CC1CCN(C(=O)c2cc(N)n(-c3ccccc3F)n2)CC1. The molecule has 1 saturated heterocycles. The zero-order valence-corrected chi connectivity index (χ0v) is 12.5. The van der Waals surface area contributed by atoms with Gasteiger partial charge in [-0.3, -0.25) is 4.79 Å². The molecule has 22 heavy (non-hydrogen) atoms. The van der Waals surface area contributed by atoms with Crippen LogP contribution in [-0.4, -0.2) is 33.7 Å². The molecule has 1 aliphatic heterocycles. The predicted octanol–water partition coefficient (Wildman–Crippen LogP) is 2.47. The highest BCUT2D eigenvalue weighted by molar-refractivity contribution is 5.93. The summed E-state index contributed by atoms with van der Waals surface area (Å²) in [5.74, 6) is 0.320. The largest absolute Gasteiger partial charge is 0.384 e. The van der Waals surface area contributed by atoms with Crippen LogP contribution in [0.4, 0.5) is 10.2 Å². The Balaban J connectivity index is 1.86. The molecule has 0 radical (unpaired) electrons. The molecule has 0 spiro atoms. The molecule has 0 unspecified atom stereocenters. The maximum atomic E-state index is 13.9. The second-order valence-electron chi connectivity index (χ2n) is 5.79. The molecule has 1 fully saturated rings. The summed E-state index contributed by atoms with van der Waals surface area (Å²) in [6.07, 6.45) is 1.99. The molecule has 0 saturated carbocycles. The van der Waals surface area contributed by atoms with Gasteiger partial charge in [0.15, 0.2) is 5.69 Å². The number of nitrogens with two attached hydrogens (primary N) is 1. The van der Waals surface area contributed by atoms with E-state index in [4.69, 9.17) is 5.73 Å². The Bertz CT molecular complexity index is 689. The Morgan fingerprint density at radius 1 is 1.32 bits per heavy atom. The second kappa shape index (κ2) is 5.79. The number of hydrogen-bond acceptors (Lipinski definition) is 3. The maximum Gasteiger partial charge on any atom is 0.274 e. The van der Waals surface area contributed by atoms with E-state index >= 15 is 0 Å². The van der Waals surface area contributed by atoms with E-state index in [2.05, 4.69) is 12.0 Å². The van der Waals surface area contributed by atoms with E-state index < -0.39 is 5.82 Å². The quantitative estimate of drug-likeness (QED) is 0.927. The minimum absolute atomic E-state index is 0.145. The van der Waals surface area contributed by atoms with Gasteiger partial charge in [0.25, 0.3) is 5.91 Å². The van der Waals surface area contributed by atoms with Gasteiger partial charge in [-0.1, -0.05) is 19.1 Å². The highest BCUT2D eigenvalue weighted by Crippen LogP contribution is 2.21. The van der Waals surface area contributed by atoms with E-state index in [0.717, 1.165) is 25.9 Å². The Morgan fingerprint density at radius 3 is 2.68 bits per heavy atom. The number of benzene rings is 1. The van der Waals surface area contributed by atoms with Crippen LogP contribution in [0.5, 0.6) is 0 Å². The molecule has 0 aliphatic carbocycles. The molecule has 116 valence electrons. The molecule has 0 atom stereocenters. The zero-order chi connectivity index (χ0) is 15.7. The van der Waals surface area contributed by atoms with E-state index in [1.807, 2.05) is 0 Å². The highest BCUT2D eigenvalue weighted by atomic mass is 19.1. The van der Waals surface area contributed by atoms with Crippen molar-refractivity contribution in [3.63, 3.8) is 0 Å². The summed E-state index contributed by atoms with van der Waals surface area (Å²) < 4.78 is 15.1. The van der Waals surface area contributed by atoms with E-state index in [9.17, 15) is 9.18 Å². The lowest BCUT2D eigenvalue weighted by Crippen LogP contribution is -2.38. The van der Waals surface area contributed by atoms with Crippen molar-refractivity contribution in [2.24, 2.45) is 5.92 Å². The number of likely N-dealkylation sites (tertiary alicyclic amines) is 1. The molecule has 6 heteroatoms. The first-order valence-corrected chi connectivity index (χ1v) is 7.46. The number of rotatable bonds is 2. The van der Waals surface area contributed by atoms with Crippen LogP contribution in [0.3, 0.4) is 0 Å². The summed E-state index contributed by atoms with van der Waals surface area (Å²) in [5.41, 5.74) is 6.40. The van der Waals surface area contributed by atoms with Crippen molar-refractivity contribution >= 4 is 11.7 Å². The molecule has 2 heterocycles. The summed E-state index contributed by atoms with van der Waals surface area (Å²) in [6, 6.07) is 7.72. The molecule has 5 nitrogen and oxygen atoms in total. The maximum absolute atomic E-state index is 13.9. The van der Waals surface area contributed by atoms with E-state index in [1.165, 1.54) is 16.8 Å². The molecule has 3 rings (SSSR count). The Kier molecular flexibility index (Phi) is 3.83. The lowest BCUT2D eigenvalue weighted by Gasteiger charge is -2.29. The lowest BCUT2D eigenvalue weighted by atomic mass is 9.99. The number of halogens is 1. The second-order valence-corrected chi connectivity index (χ2v) is 5.79. The number of carbonyl (C=O) groups excluding carboxylic acids is 1. The first-order valence-electron chi connectivity index (χ1n) is 7.46. The van der Waals surface area contributed by atoms with Crippen LogP contribution in [0.25, 0.3) is 5.69 Å². The van der Waals surface area contributed by atoms with Gasteiger partial charge in [0.2, 0.25) is 0 Å². The Hall–Kier alpha value is -2.37. The first kappa shape index (κ1) is 14.6. The van der Waals surface area contributed by atoms with Crippen LogP contribution in [0.2, 0.25) is 0 Å². The van der Waals surface area contributed by atoms with Gasteiger partial charge in [0.1, 0.15) is 17.3 Å². The normalized spacial score (nSPS) is 16.0. The molecule has 1 amide bonds. The van der Waals surface area contributed by atoms with Crippen LogP contribution in [-0.2, 0) is 0 Å². The summed E-state index contributed by atoms with van der Waals surface area (Å²) in [5, 5.41) is 4.20. The molecular formula is C16H19FN4O. The fourth-order valence-electron chi connectivity index (χ4n) is 2.69. The van der Waals surface area contributed by atoms with Gasteiger partial charge in [-0.25, -0.2) is 9.07 Å². The van der Waals surface area contributed by atoms with E-state index in [-0.39, 0.29) is 23.1 Å². The van der Waals surface area contributed by atoms with Crippen molar-refractivity contribution in [2.45, 2.75) is 19.8 Å². The summed E-state index contributed by atoms with van der Waals surface area (Å²) >= 11 is 0. The highest BCUT2D eigenvalue weighted by Gasteiger charge is 2.24. The van der Waals surface area contributed by atoms with Gasteiger partial charge < -0.3 is 10.6 Å². The number of piperidine rings is 1. The number of hydrogen-bond donors (Lipinski definition) is 1. The van der Waals surface area contributed by atoms with Crippen molar-refractivity contribution in [1.82, 2.24) is 14.7 Å². The summed E-state index contributed by atoms with van der Waals surface area (Å²) in [6.45, 7) is 3.64.